The molecule has 0 heterocycles. The van der Waals surface area contributed by atoms with Crippen LogP contribution in [0.5, 0.6) is 0 Å². The van der Waals surface area contributed by atoms with Gasteiger partial charge in [-0.2, -0.15) is 0 Å². The molecule has 1 aromatic carbocycles. The zero-order chi connectivity index (χ0) is 11.1. The predicted octanol–water partition coefficient (Wildman–Crippen LogP) is 1.30. The van der Waals surface area contributed by atoms with Crippen LogP contribution in [0.15, 0.2) is 30.3 Å². The Morgan fingerprint density at radius 1 is 1.20 bits per heavy atom. The second kappa shape index (κ2) is 6.28. The standard InChI is InChI=1S/C12H17BNO/c1-3-14(4-2)12(15)10-13-11-8-6-5-7-9-11/h5-9H,3-4,10H2,1-2H3. The number of rotatable bonds is 5. The van der Waals surface area contributed by atoms with Crippen molar-refractivity contribution in [3.05, 3.63) is 30.3 Å². The van der Waals surface area contributed by atoms with E-state index in [-0.39, 0.29) is 5.91 Å². The van der Waals surface area contributed by atoms with Crippen LogP contribution >= 0.6 is 0 Å². The molecule has 1 rings (SSSR count). The van der Waals surface area contributed by atoms with Crippen LogP contribution in [0.1, 0.15) is 13.8 Å². The summed E-state index contributed by atoms with van der Waals surface area (Å²) in [6, 6.07) is 9.95. The van der Waals surface area contributed by atoms with Crippen molar-refractivity contribution in [1.29, 1.82) is 0 Å². The van der Waals surface area contributed by atoms with Gasteiger partial charge in [0.15, 0.2) is 7.28 Å². The molecule has 0 spiro atoms. The van der Waals surface area contributed by atoms with Gasteiger partial charge in [0.1, 0.15) is 0 Å². The van der Waals surface area contributed by atoms with E-state index in [1.165, 1.54) is 0 Å². The molecule has 1 amide bonds. The van der Waals surface area contributed by atoms with E-state index < -0.39 is 0 Å². The van der Waals surface area contributed by atoms with Crippen LogP contribution in [-0.2, 0) is 4.79 Å². The number of carbonyl (C=O) groups excluding carboxylic acids is 1. The Hall–Kier alpha value is -1.25. The van der Waals surface area contributed by atoms with E-state index >= 15 is 0 Å². The molecule has 0 atom stereocenters. The Labute approximate surface area is 92.5 Å². The molecule has 0 unspecified atom stereocenters. The van der Waals surface area contributed by atoms with Gasteiger partial charge in [-0.1, -0.05) is 35.8 Å². The first kappa shape index (κ1) is 11.8. The number of carbonyl (C=O) groups is 1. The number of hydrogen-bond donors (Lipinski definition) is 0. The fourth-order valence-corrected chi connectivity index (χ4v) is 1.50. The summed E-state index contributed by atoms with van der Waals surface area (Å²) < 4.78 is 0. The molecule has 0 bridgehead atoms. The smallest absolute Gasteiger partial charge is 0.215 e. The first-order valence-electron chi connectivity index (χ1n) is 5.44. The maximum Gasteiger partial charge on any atom is 0.215 e. The van der Waals surface area contributed by atoms with Crippen molar-refractivity contribution in [3.63, 3.8) is 0 Å². The average Bonchev–Trinajstić information content (AvgIpc) is 2.29. The summed E-state index contributed by atoms with van der Waals surface area (Å²) in [5.74, 6) is 0.198. The SMILES string of the molecule is CCN(CC)C(=O)C[B]c1ccccc1. The number of amides is 1. The number of benzene rings is 1. The van der Waals surface area contributed by atoms with Crippen molar-refractivity contribution in [3.8, 4) is 0 Å². The average molecular weight is 202 g/mol. The highest BCUT2D eigenvalue weighted by atomic mass is 16.2. The molecule has 1 radical (unpaired) electrons. The summed E-state index contributed by atoms with van der Waals surface area (Å²) in [5.41, 5.74) is 1.11. The highest BCUT2D eigenvalue weighted by Gasteiger charge is 2.09. The zero-order valence-electron chi connectivity index (χ0n) is 9.44. The molecule has 0 N–H and O–H groups in total. The minimum Gasteiger partial charge on any atom is -0.344 e. The molecule has 0 saturated heterocycles. The lowest BCUT2D eigenvalue weighted by Gasteiger charge is -2.18. The number of hydrogen-bond acceptors (Lipinski definition) is 1. The van der Waals surface area contributed by atoms with Crippen LogP contribution in [0, 0.1) is 0 Å². The van der Waals surface area contributed by atoms with Crippen molar-refractivity contribution in [1.82, 2.24) is 4.90 Å². The molecule has 0 aliphatic rings. The van der Waals surface area contributed by atoms with Gasteiger partial charge in [0.2, 0.25) is 5.91 Å². The summed E-state index contributed by atoms with van der Waals surface area (Å²) in [5, 5.41) is 0. The normalized spacial score (nSPS) is 9.73. The van der Waals surface area contributed by atoms with Crippen LogP contribution in [0.4, 0.5) is 0 Å². The summed E-state index contributed by atoms with van der Waals surface area (Å²) in [7, 11) is 1.97. The molecule has 0 aromatic heterocycles. The topological polar surface area (TPSA) is 20.3 Å². The molecule has 0 aliphatic carbocycles. The Kier molecular flexibility index (Phi) is 4.95. The third-order valence-electron chi connectivity index (χ3n) is 2.43. The quantitative estimate of drug-likeness (QED) is 0.659. The van der Waals surface area contributed by atoms with Gasteiger partial charge in [0.25, 0.3) is 0 Å². The molecule has 0 fully saturated rings. The van der Waals surface area contributed by atoms with Crippen LogP contribution in [0.25, 0.3) is 0 Å². The van der Waals surface area contributed by atoms with Gasteiger partial charge >= 0.3 is 0 Å². The van der Waals surface area contributed by atoms with Gasteiger partial charge in [-0.05, 0) is 13.8 Å². The third kappa shape index (κ3) is 3.78. The van der Waals surface area contributed by atoms with E-state index in [0.29, 0.717) is 6.32 Å². The lowest BCUT2D eigenvalue weighted by Crippen LogP contribution is -2.32. The van der Waals surface area contributed by atoms with E-state index in [2.05, 4.69) is 0 Å². The Balaban J connectivity index is 2.40. The maximum atomic E-state index is 11.7. The Morgan fingerprint density at radius 3 is 2.33 bits per heavy atom. The first-order valence-corrected chi connectivity index (χ1v) is 5.44. The Bertz CT molecular complexity index is 296. The highest BCUT2D eigenvalue weighted by molar-refractivity contribution is 6.56. The Morgan fingerprint density at radius 2 is 1.80 bits per heavy atom. The summed E-state index contributed by atoms with van der Waals surface area (Å²) in [6.07, 6.45) is 0.492. The molecule has 0 aliphatic heterocycles. The fraction of sp³-hybridized carbons (Fsp3) is 0.417. The molecule has 1 aromatic rings. The predicted molar refractivity (Wildman–Crippen MR) is 64.6 cm³/mol. The van der Waals surface area contributed by atoms with Crippen molar-refractivity contribution in [2.45, 2.75) is 20.2 Å². The van der Waals surface area contributed by atoms with E-state index in [1.807, 2.05) is 56.4 Å². The molecular weight excluding hydrogens is 185 g/mol. The summed E-state index contributed by atoms with van der Waals surface area (Å²) in [4.78, 5) is 13.5. The largest absolute Gasteiger partial charge is 0.344 e. The van der Waals surface area contributed by atoms with Gasteiger partial charge in [0.05, 0.1) is 0 Å². The fourth-order valence-electron chi connectivity index (χ4n) is 1.50. The molecule has 0 saturated carbocycles. The van der Waals surface area contributed by atoms with Crippen LogP contribution in [0.3, 0.4) is 0 Å². The van der Waals surface area contributed by atoms with Gasteiger partial charge < -0.3 is 4.90 Å². The molecule has 15 heavy (non-hydrogen) atoms. The van der Waals surface area contributed by atoms with Crippen LogP contribution < -0.4 is 5.46 Å². The highest BCUT2D eigenvalue weighted by Crippen LogP contribution is 1.94. The summed E-state index contributed by atoms with van der Waals surface area (Å²) >= 11 is 0. The van der Waals surface area contributed by atoms with E-state index in [9.17, 15) is 4.79 Å². The van der Waals surface area contributed by atoms with Crippen molar-refractivity contribution < 1.29 is 4.79 Å². The van der Waals surface area contributed by atoms with Crippen molar-refractivity contribution in [2.24, 2.45) is 0 Å². The third-order valence-corrected chi connectivity index (χ3v) is 2.43. The van der Waals surface area contributed by atoms with Gasteiger partial charge in [-0.3, -0.25) is 4.79 Å². The van der Waals surface area contributed by atoms with E-state index in [1.54, 1.807) is 0 Å². The van der Waals surface area contributed by atoms with Gasteiger partial charge in [0, 0.05) is 19.4 Å². The number of nitrogens with zero attached hydrogens (tertiary/aromatic N) is 1. The minimum atomic E-state index is 0.198. The molecule has 79 valence electrons. The van der Waals surface area contributed by atoms with E-state index in [0.717, 1.165) is 18.6 Å². The lowest BCUT2D eigenvalue weighted by molar-refractivity contribution is -0.128. The van der Waals surface area contributed by atoms with Crippen molar-refractivity contribution in [2.75, 3.05) is 13.1 Å². The van der Waals surface area contributed by atoms with Crippen LogP contribution in [-0.4, -0.2) is 31.2 Å². The van der Waals surface area contributed by atoms with Gasteiger partial charge in [-0.15, -0.1) is 0 Å². The molecule has 2 nitrogen and oxygen atoms in total. The second-order valence-electron chi connectivity index (χ2n) is 3.38. The van der Waals surface area contributed by atoms with Gasteiger partial charge in [-0.25, -0.2) is 0 Å². The first-order chi connectivity index (χ1) is 7.27. The minimum absolute atomic E-state index is 0.198. The molecular formula is C12H17BNO. The second-order valence-corrected chi connectivity index (χ2v) is 3.38. The van der Waals surface area contributed by atoms with E-state index in [4.69, 9.17) is 0 Å². The monoisotopic (exact) mass is 202 g/mol. The van der Waals surface area contributed by atoms with Crippen molar-refractivity contribution >= 4 is 18.6 Å². The maximum absolute atomic E-state index is 11.7. The zero-order valence-corrected chi connectivity index (χ0v) is 9.44. The lowest BCUT2D eigenvalue weighted by atomic mass is 9.67. The molecule has 3 heteroatoms. The summed E-state index contributed by atoms with van der Waals surface area (Å²) in [6.45, 7) is 5.59. The van der Waals surface area contributed by atoms with Crippen LogP contribution in [0.2, 0.25) is 6.32 Å².